The second kappa shape index (κ2) is 19.3. The number of aliphatic hydroxyl groups is 2. The highest BCUT2D eigenvalue weighted by Gasteiger charge is 2.20. The minimum Gasteiger partial charge on any atom is -0.508 e. The first-order valence-electron chi connectivity index (χ1n) is 15.2. The molecule has 0 spiro atoms. The third kappa shape index (κ3) is 12.3. The molecule has 0 saturated carbocycles. The number of unbranched alkanes of at least 4 members (excludes halogenated alkanes) is 4. The third-order valence-corrected chi connectivity index (χ3v) is 6.99. The molecule has 0 fully saturated rings. The Morgan fingerprint density at radius 2 is 1.59 bits per heavy atom. The molecule has 0 bridgehead atoms. The molecule has 3 aromatic carbocycles. The Balaban J connectivity index is 1.22. The normalized spacial score (nSPS) is 11.6. The van der Waals surface area contributed by atoms with Gasteiger partial charge in [0.25, 0.3) is 0 Å². The van der Waals surface area contributed by atoms with Gasteiger partial charge in [0.15, 0.2) is 0 Å². The van der Waals surface area contributed by atoms with Crippen LogP contribution in [-0.4, -0.2) is 53.6 Å². The predicted octanol–water partition coefficient (Wildman–Crippen LogP) is 5.62. The van der Waals surface area contributed by atoms with E-state index in [2.05, 4.69) is 10.6 Å². The van der Waals surface area contributed by atoms with Gasteiger partial charge >= 0.3 is 12.0 Å². The number of nitrogens with one attached hydrogen (secondary N) is 2. The van der Waals surface area contributed by atoms with Gasteiger partial charge in [0.2, 0.25) is 0 Å². The van der Waals surface area contributed by atoms with Gasteiger partial charge in [-0.3, -0.25) is 0 Å². The molecular formula is C34H45N3O7. The highest BCUT2D eigenvalue weighted by Crippen LogP contribution is 2.22. The summed E-state index contributed by atoms with van der Waals surface area (Å²) in [5, 5.41) is 36.1. The van der Waals surface area contributed by atoms with Gasteiger partial charge in [0.1, 0.15) is 5.75 Å². The van der Waals surface area contributed by atoms with E-state index in [4.69, 9.17) is 9.57 Å². The minimum atomic E-state index is -0.690. The van der Waals surface area contributed by atoms with E-state index in [0.717, 1.165) is 68.7 Å². The second-order valence-corrected chi connectivity index (χ2v) is 10.6. The number of aliphatic hydroxyl groups excluding tert-OH is 2. The first-order chi connectivity index (χ1) is 21.4. The van der Waals surface area contributed by atoms with E-state index in [1.165, 1.54) is 13.0 Å². The molecule has 0 aliphatic carbocycles. The Labute approximate surface area is 259 Å². The summed E-state index contributed by atoms with van der Waals surface area (Å²) in [5.74, 6) is -0.561. The summed E-state index contributed by atoms with van der Waals surface area (Å²) in [6.45, 7) is 3.67. The summed E-state index contributed by atoms with van der Waals surface area (Å²) in [5.41, 5.74) is 3.26. The zero-order chi connectivity index (χ0) is 31.6. The first-order valence-corrected chi connectivity index (χ1v) is 15.2. The van der Waals surface area contributed by atoms with Gasteiger partial charge in [0, 0.05) is 37.9 Å². The molecular weight excluding hydrogens is 562 g/mol. The average molecular weight is 608 g/mol. The van der Waals surface area contributed by atoms with Crippen LogP contribution in [-0.2, 0) is 27.4 Å². The molecule has 10 nitrogen and oxygen atoms in total. The molecule has 2 amide bonds. The maximum atomic E-state index is 12.7. The van der Waals surface area contributed by atoms with Crippen LogP contribution in [0.3, 0.4) is 0 Å². The zero-order valence-corrected chi connectivity index (χ0v) is 25.4. The molecule has 1 atom stereocenters. The summed E-state index contributed by atoms with van der Waals surface area (Å²) < 4.78 is 5.79. The summed E-state index contributed by atoms with van der Waals surface area (Å²) in [6, 6.07) is 20.6. The Bertz CT molecular complexity index is 1270. The molecule has 0 unspecified atom stereocenters. The fourth-order valence-corrected chi connectivity index (χ4v) is 4.57. The molecule has 3 rings (SSSR count). The number of carbonyl (C=O) groups excluding carboxylic acids is 2. The predicted molar refractivity (Wildman–Crippen MR) is 170 cm³/mol. The highest BCUT2D eigenvalue weighted by molar-refractivity contribution is 6.01. The lowest BCUT2D eigenvalue weighted by Gasteiger charge is -2.21. The van der Waals surface area contributed by atoms with Crippen molar-refractivity contribution in [1.82, 2.24) is 5.32 Å². The van der Waals surface area contributed by atoms with Crippen molar-refractivity contribution in [2.24, 2.45) is 0 Å². The van der Waals surface area contributed by atoms with E-state index in [0.29, 0.717) is 35.7 Å². The molecule has 10 heteroatoms. The van der Waals surface area contributed by atoms with Crippen molar-refractivity contribution in [3.63, 3.8) is 0 Å². The first kappa shape index (κ1) is 34.5. The largest absolute Gasteiger partial charge is 0.508 e. The number of anilines is 2. The molecule has 0 aliphatic rings. The lowest BCUT2D eigenvalue weighted by molar-refractivity contribution is -0.141. The molecule has 238 valence electrons. The van der Waals surface area contributed by atoms with E-state index in [1.54, 1.807) is 48.5 Å². The topological polar surface area (TPSA) is 141 Å². The van der Waals surface area contributed by atoms with Crippen molar-refractivity contribution in [2.45, 2.75) is 64.6 Å². The number of amides is 2. The van der Waals surface area contributed by atoms with E-state index in [9.17, 15) is 24.9 Å². The highest BCUT2D eigenvalue weighted by atomic mass is 16.7. The molecule has 0 aromatic heterocycles. The fraction of sp³-hybridized carbons (Fsp3) is 0.412. The minimum absolute atomic E-state index is 0.0298. The van der Waals surface area contributed by atoms with Gasteiger partial charge in [-0.15, -0.1) is 5.06 Å². The van der Waals surface area contributed by atoms with Gasteiger partial charge in [-0.05, 0) is 86.2 Å². The van der Waals surface area contributed by atoms with Crippen molar-refractivity contribution in [1.29, 1.82) is 0 Å². The van der Waals surface area contributed by atoms with Crippen LogP contribution in [0, 0.1) is 0 Å². The maximum Gasteiger partial charge on any atom is 0.359 e. The van der Waals surface area contributed by atoms with Crippen LogP contribution in [0.5, 0.6) is 5.75 Å². The number of hydrogen-bond donors (Lipinski definition) is 5. The van der Waals surface area contributed by atoms with E-state index in [-0.39, 0.29) is 12.4 Å². The Morgan fingerprint density at radius 1 is 0.886 bits per heavy atom. The van der Waals surface area contributed by atoms with Crippen LogP contribution in [0.2, 0.25) is 0 Å². The number of carbonyl (C=O) groups is 2. The number of urea groups is 1. The van der Waals surface area contributed by atoms with Crippen molar-refractivity contribution in [3.8, 4) is 5.75 Å². The number of hydroxylamine groups is 1. The number of aryl methyl sites for hydroxylation is 1. The van der Waals surface area contributed by atoms with Gasteiger partial charge in [-0.25, -0.2) is 9.59 Å². The lowest BCUT2D eigenvalue weighted by Crippen LogP contribution is -2.36. The van der Waals surface area contributed by atoms with Crippen LogP contribution >= 0.6 is 0 Å². The molecule has 3 aromatic rings. The van der Waals surface area contributed by atoms with Gasteiger partial charge in [0.05, 0.1) is 18.4 Å². The second-order valence-electron chi connectivity index (χ2n) is 10.6. The van der Waals surface area contributed by atoms with Crippen LogP contribution in [0.25, 0.3) is 0 Å². The SMILES string of the molecule is CC(=O)ON(C(=O)Nc1ccccc1)c1ccc(CCCCOCCCCCCNC[C@@H](O)c2ccc(O)c(CO)c2)cc1. The van der Waals surface area contributed by atoms with Crippen molar-refractivity contribution in [3.05, 3.63) is 89.5 Å². The van der Waals surface area contributed by atoms with Crippen LogP contribution in [0.1, 0.15) is 68.2 Å². The smallest absolute Gasteiger partial charge is 0.359 e. The number of para-hydroxylation sites is 1. The monoisotopic (exact) mass is 607 g/mol. The number of phenols is 1. The fourth-order valence-electron chi connectivity index (χ4n) is 4.57. The summed E-state index contributed by atoms with van der Waals surface area (Å²) in [6.07, 6.45) is 6.31. The maximum absolute atomic E-state index is 12.7. The van der Waals surface area contributed by atoms with E-state index >= 15 is 0 Å². The van der Waals surface area contributed by atoms with Crippen LogP contribution in [0.4, 0.5) is 16.2 Å². The summed E-state index contributed by atoms with van der Waals surface area (Å²) in [4.78, 5) is 29.5. The molecule has 0 heterocycles. The van der Waals surface area contributed by atoms with Crippen LogP contribution in [0.15, 0.2) is 72.8 Å². The van der Waals surface area contributed by atoms with Crippen molar-refractivity contribution < 1.29 is 34.5 Å². The van der Waals surface area contributed by atoms with Crippen molar-refractivity contribution >= 4 is 23.4 Å². The third-order valence-electron chi connectivity index (χ3n) is 6.99. The summed E-state index contributed by atoms with van der Waals surface area (Å²) in [7, 11) is 0. The number of nitrogens with zero attached hydrogens (tertiary/aromatic N) is 1. The van der Waals surface area contributed by atoms with Gasteiger partial charge in [-0.1, -0.05) is 49.2 Å². The van der Waals surface area contributed by atoms with Crippen molar-refractivity contribution in [2.75, 3.05) is 36.7 Å². The lowest BCUT2D eigenvalue weighted by atomic mass is 10.1. The van der Waals surface area contributed by atoms with Crippen LogP contribution < -0.4 is 15.7 Å². The Morgan fingerprint density at radius 3 is 2.30 bits per heavy atom. The standard InChI is InChI=1S/C34H45N3O7/c1-26(39)44-37(34(42)36-30-12-5-4-6-13-30)31-17-14-27(15-18-31)11-7-10-22-43-21-9-3-2-8-20-35-24-33(41)28-16-19-32(40)29(23-28)25-38/h4-6,12-19,23,33,35,38,40-41H,2-3,7-11,20-22,24-25H2,1H3,(H,36,42)/t33-/m1/s1. The number of aromatic hydroxyl groups is 1. The molecule has 0 saturated heterocycles. The zero-order valence-electron chi connectivity index (χ0n) is 25.4. The molecule has 0 radical (unpaired) electrons. The molecule has 0 aliphatic heterocycles. The van der Waals surface area contributed by atoms with E-state index < -0.39 is 18.1 Å². The molecule has 44 heavy (non-hydrogen) atoms. The average Bonchev–Trinajstić information content (AvgIpc) is 3.03. The Hall–Kier alpha value is -3.96. The molecule has 5 N–H and O–H groups in total. The van der Waals surface area contributed by atoms with Gasteiger partial charge in [-0.2, -0.15) is 0 Å². The number of benzene rings is 3. The van der Waals surface area contributed by atoms with E-state index in [1.807, 2.05) is 18.2 Å². The van der Waals surface area contributed by atoms with Gasteiger partial charge < -0.3 is 35.5 Å². The number of hydrogen-bond acceptors (Lipinski definition) is 8. The number of ether oxygens (including phenoxy) is 1. The Kier molecular flexibility index (Phi) is 15.2. The summed E-state index contributed by atoms with van der Waals surface area (Å²) >= 11 is 0. The quantitative estimate of drug-likeness (QED) is 0.0927. The number of rotatable bonds is 18.